The Morgan fingerprint density at radius 3 is 2.64 bits per heavy atom. The molecule has 0 saturated carbocycles. The minimum absolute atomic E-state index is 0.214. The van der Waals surface area contributed by atoms with Gasteiger partial charge in [-0.1, -0.05) is 11.8 Å². The predicted octanol–water partition coefficient (Wildman–Crippen LogP) is 3.34. The average molecular weight is 383 g/mol. The van der Waals surface area contributed by atoms with Gasteiger partial charge in [0.1, 0.15) is 4.88 Å². The SMILES string of the molecule is CCOC(=O)c1cc(C)c(CCC2=NC(C(=O)OC)=C(OC)SC2)s1. The van der Waals surface area contributed by atoms with Crippen molar-refractivity contribution in [3.05, 3.63) is 32.2 Å². The zero-order valence-electron chi connectivity index (χ0n) is 14.7. The Morgan fingerprint density at radius 1 is 1.24 bits per heavy atom. The molecule has 136 valence electrons. The van der Waals surface area contributed by atoms with Crippen molar-refractivity contribution < 1.29 is 23.8 Å². The summed E-state index contributed by atoms with van der Waals surface area (Å²) in [6.07, 6.45) is 1.46. The molecule has 0 unspecified atom stereocenters. The Labute approximate surface area is 155 Å². The number of rotatable bonds is 7. The Morgan fingerprint density at radius 2 is 2.00 bits per heavy atom. The van der Waals surface area contributed by atoms with Gasteiger partial charge in [-0.15, -0.1) is 11.3 Å². The van der Waals surface area contributed by atoms with Crippen LogP contribution in [0.4, 0.5) is 0 Å². The molecule has 0 fully saturated rings. The number of carbonyl (C=O) groups is 2. The number of hydrogen-bond acceptors (Lipinski definition) is 8. The molecule has 0 bridgehead atoms. The van der Waals surface area contributed by atoms with E-state index in [2.05, 4.69) is 4.99 Å². The van der Waals surface area contributed by atoms with Gasteiger partial charge in [0.05, 0.1) is 20.8 Å². The molecule has 2 heterocycles. The topological polar surface area (TPSA) is 74.2 Å². The number of thioether (sulfide) groups is 1. The van der Waals surface area contributed by atoms with Gasteiger partial charge in [-0.25, -0.2) is 14.6 Å². The molecule has 1 aliphatic rings. The van der Waals surface area contributed by atoms with Gasteiger partial charge in [0.2, 0.25) is 0 Å². The molecule has 0 atom stereocenters. The second-order valence-electron chi connectivity index (χ2n) is 5.24. The molecule has 8 heteroatoms. The second kappa shape index (κ2) is 9.05. The zero-order chi connectivity index (χ0) is 18.4. The van der Waals surface area contributed by atoms with Crippen LogP contribution in [0.5, 0.6) is 0 Å². The van der Waals surface area contributed by atoms with Crippen LogP contribution in [-0.4, -0.2) is 44.2 Å². The summed E-state index contributed by atoms with van der Waals surface area (Å²) in [5, 5.41) is 0.479. The number of nitrogens with zero attached hydrogens (tertiary/aromatic N) is 1. The highest BCUT2D eigenvalue weighted by molar-refractivity contribution is 8.03. The van der Waals surface area contributed by atoms with Crippen LogP contribution < -0.4 is 0 Å². The molecule has 0 aliphatic carbocycles. The molecule has 1 aliphatic heterocycles. The summed E-state index contributed by atoms with van der Waals surface area (Å²) in [6, 6.07) is 1.86. The van der Waals surface area contributed by atoms with E-state index in [-0.39, 0.29) is 11.7 Å². The number of aliphatic imine (C=N–C) groups is 1. The Balaban J connectivity index is 2.09. The van der Waals surface area contributed by atoms with E-state index >= 15 is 0 Å². The normalized spacial score (nSPS) is 14.2. The quantitative estimate of drug-likeness (QED) is 0.672. The van der Waals surface area contributed by atoms with Crippen molar-refractivity contribution in [1.82, 2.24) is 0 Å². The van der Waals surface area contributed by atoms with Gasteiger partial charge >= 0.3 is 11.9 Å². The van der Waals surface area contributed by atoms with Crippen LogP contribution in [0.1, 0.15) is 33.5 Å². The van der Waals surface area contributed by atoms with Crippen LogP contribution in [0, 0.1) is 6.92 Å². The Kier molecular flexibility index (Phi) is 7.07. The number of esters is 2. The third kappa shape index (κ3) is 4.85. The maximum atomic E-state index is 11.8. The Hall–Kier alpha value is -1.80. The van der Waals surface area contributed by atoms with Gasteiger partial charge < -0.3 is 14.2 Å². The lowest BCUT2D eigenvalue weighted by molar-refractivity contribution is -0.136. The highest BCUT2D eigenvalue weighted by Gasteiger charge is 2.23. The van der Waals surface area contributed by atoms with Gasteiger partial charge in [0.15, 0.2) is 10.8 Å². The first kappa shape index (κ1) is 19.5. The molecule has 0 spiro atoms. The number of methoxy groups -OCH3 is 2. The van der Waals surface area contributed by atoms with Crippen molar-refractivity contribution in [2.75, 3.05) is 26.6 Å². The lowest BCUT2D eigenvalue weighted by Crippen LogP contribution is -2.16. The fourth-order valence-corrected chi connectivity index (χ4v) is 4.25. The number of thiophene rings is 1. The first-order chi connectivity index (χ1) is 12.0. The van der Waals surface area contributed by atoms with Crippen LogP contribution in [0.15, 0.2) is 21.8 Å². The van der Waals surface area contributed by atoms with E-state index < -0.39 is 5.97 Å². The molecular formula is C17H21NO5S2. The summed E-state index contributed by atoms with van der Waals surface area (Å²) < 4.78 is 15.0. The third-order valence-corrected chi connectivity index (χ3v) is 5.91. The van der Waals surface area contributed by atoms with Crippen LogP contribution >= 0.6 is 23.1 Å². The predicted molar refractivity (Wildman–Crippen MR) is 99.3 cm³/mol. The number of ether oxygens (including phenoxy) is 3. The number of carbonyl (C=O) groups excluding carboxylic acids is 2. The summed E-state index contributed by atoms with van der Waals surface area (Å²) in [7, 11) is 2.83. The maximum absolute atomic E-state index is 11.8. The first-order valence-corrected chi connectivity index (χ1v) is 9.62. The molecule has 0 radical (unpaired) electrons. The molecule has 0 saturated heterocycles. The fraction of sp³-hybridized carbons (Fsp3) is 0.471. The summed E-state index contributed by atoms with van der Waals surface area (Å²) >= 11 is 2.88. The largest absolute Gasteiger partial charge is 0.488 e. The molecule has 6 nitrogen and oxygen atoms in total. The summed E-state index contributed by atoms with van der Waals surface area (Å²) in [4.78, 5) is 29.8. The van der Waals surface area contributed by atoms with Crippen molar-refractivity contribution in [2.45, 2.75) is 26.7 Å². The zero-order valence-corrected chi connectivity index (χ0v) is 16.3. The van der Waals surface area contributed by atoms with Gasteiger partial charge in [-0.3, -0.25) is 0 Å². The Bertz CT molecular complexity index is 721. The number of aryl methyl sites for hydroxylation is 2. The van der Waals surface area contributed by atoms with Crippen molar-refractivity contribution >= 4 is 40.7 Å². The molecule has 1 aromatic heterocycles. The van der Waals surface area contributed by atoms with Crippen molar-refractivity contribution in [3.63, 3.8) is 0 Å². The molecule has 2 rings (SSSR count). The smallest absolute Gasteiger partial charge is 0.361 e. The van der Waals surface area contributed by atoms with Crippen molar-refractivity contribution in [2.24, 2.45) is 4.99 Å². The lowest BCUT2D eigenvalue weighted by atomic mass is 10.1. The van der Waals surface area contributed by atoms with Crippen molar-refractivity contribution in [3.8, 4) is 0 Å². The minimum Gasteiger partial charge on any atom is -0.488 e. The minimum atomic E-state index is -0.501. The van der Waals surface area contributed by atoms with E-state index in [1.807, 2.05) is 13.0 Å². The second-order valence-corrected chi connectivity index (χ2v) is 7.32. The van der Waals surface area contributed by atoms with Crippen molar-refractivity contribution in [1.29, 1.82) is 0 Å². The standard InChI is InChI=1S/C17H21NO5S2/c1-5-23-15(19)13-8-10(2)12(25-13)7-6-11-9-24-17(22-4)14(18-11)16(20)21-3/h8H,5-7,9H2,1-4H3. The molecule has 0 N–H and O–H groups in total. The van der Waals surface area contributed by atoms with Gasteiger partial charge in [0, 0.05) is 16.3 Å². The summed E-state index contributed by atoms with van der Waals surface area (Å²) in [5.41, 5.74) is 2.18. The molecule has 0 aromatic carbocycles. The maximum Gasteiger partial charge on any atom is 0.361 e. The van der Waals surface area contributed by atoms with E-state index in [0.717, 1.165) is 22.6 Å². The van der Waals surface area contributed by atoms with Crippen LogP contribution in [0.25, 0.3) is 0 Å². The monoisotopic (exact) mass is 383 g/mol. The highest BCUT2D eigenvalue weighted by atomic mass is 32.2. The molecule has 1 aromatic rings. The molecular weight excluding hydrogens is 362 g/mol. The summed E-state index contributed by atoms with van der Waals surface area (Å²) in [5.74, 6) is -0.120. The van der Waals surface area contributed by atoms with E-state index in [1.165, 1.54) is 37.3 Å². The highest BCUT2D eigenvalue weighted by Crippen LogP contribution is 2.29. The lowest BCUT2D eigenvalue weighted by Gasteiger charge is -2.16. The van der Waals surface area contributed by atoms with Gasteiger partial charge in [-0.2, -0.15) is 0 Å². The number of hydrogen-bond donors (Lipinski definition) is 0. The van der Waals surface area contributed by atoms with E-state index in [1.54, 1.807) is 6.92 Å². The first-order valence-electron chi connectivity index (χ1n) is 7.82. The molecule has 25 heavy (non-hydrogen) atoms. The van der Waals surface area contributed by atoms with Crippen LogP contribution in [0.3, 0.4) is 0 Å². The van der Waals surface area contributed by atoms with Crippen LogP contribution in [0.2, 0.25) is 0 Å². The van der Waals surface area contributed by atoms with E-state index in [4.69, 9.17) is 14.2 Å². The third-order valence-electron chi connectivity index (χ3n) is 3.54. The summed E-state index contributed by atoms with van der Waals surface area (Å²) in [6.45, 7) is 4.14. The average Bonchev–Trinajstić information content (AvgIpc) is 3.00. The van der Waals surface area contributed by atoms with E-state index in [0.29, 0.717) is 28.7 Å². The fourth-order valence-electron chi connectivity index (χ4n) is 2.29. The van der Waals surface area contributed by atoms with Gasteiger partial charge in [0.25, 0.3) is 0 Å². The van der Waals surface area contributed by atoms with E-state index in [9.17, 15) is 9.59 Å². The molecule has 0 amide bonds. The van der Waals surface area contributed by atoms with Crippen LogP contribution in [-0.2, 0) is 25.4 Å². The van der Waals surface area contributed by atoms with Gasteiger partial charge in [-0.05, 0) is 38.3 Å².